The van der Waals surface area contributed by atoms with E-state index in [9.17, 15) is 23.1 Å². The van der Waals surface area contributed by atoms with Crippen LogP contribution in [-0.4, -0.2) is 22.9 Å². The van der Waals surface area contributed by atoms with Crippen LogP contribution in [0.5, 0.6) is 0 Å². The molecule has 1 aromatic heterocycles. The van der Waals surface area contributed by atoms with E-state index < -0.39 is 31.4 Å². The lowest BCUT2D eigenvalue weighted by atomic mass is 10.00. The van der Waals surface area contributed by atoms with Crippen molar-refractivity contribution in [1.82, 2.24) is 4.98 Å². The van der Waals surface area contributed by atoms with Crippen molar-refractivity contribution in [2.24, 2.45) is 0 Å². The number of hydrogen-bond donors (Lipinski definition) is 2. The molecule has 0 radical (unpaired) electrons. The maximum atomic E-state index is 11.9. The SMILES string of the molecule is Nc1c([N+](=O)[O-])nc2cccc(Cc3ccccc3)c2c1S(=O)(=O)O. The van der Waals surface area contributed by atoms with Crippen LogP contribution in [0.1, 0.15) is 11.1 Å². The van der Waals surface area contributed by atoms with Crippen LogP contribution in [0.15, 0.2) is 53.4 Å². The maximum Gasteiger partial charge on any atom is 0.388 e. The zero-order valence-corrected chi connectivity index (χ0v) is 13.6. The summed E-state index contributed by atoms with van der Waals surface area (Å²) >= 11 is 0. The van der Waals surface area contributed by atoms with Gasteiger partial charge < -0.3 is 15.8 Å². The molecule has 0 aliphatic rings. The van der Waals surface area contributed by atoms with Gasteiger partial charge in [0.2, 0.25) is 0 Å². The Bertz CT molecular complexity index is 1080. The summed E-state index contributed by atoms with van der Waals surface area (Å²) in [6.07, 6.45) is 0.347. The lowest BCUT2D eigenvalue weighted by molar-refractivity contribution is -0.388. The second kappa shape index (κ2) is 6.11. The highest BCUT2D eigenvalue weighted by atomic mass is 32.2. The number of fused-ring (bicyclic) bond motifs is 1. The third-order valence-electron chi connectivity index (χ3n) is 3.74. The fourth-order valence-corrected chi connectivity index (χ4v) is 3.59. The van der Waals surface area contributed by atoms with Crippen molar-refractivity contribution in [3.63, 3.8) is 0 Å². The number of nitrogens with zero attached hydrogens (tertiary/aromatic N) is 2. The Hall–Kier alpha value is -3.04. The predicted molar refractivity (Wildman–Crippen MR) is 91.9 cm³/mol. The molecule has 9 heteroatoms. The van der Waals surface area contributed by atoms with Crippen LogP contribution < -0.4 is 5.73 Å². The van der Waals surface area contributed by atoms with Crippen molar-refractivity contribution >= 4 is 32.5 Å². The van der Waals surface area contributed by atoms with Crippen LogP contribution in [-0.2, 0) is 16.5 Å². The number of anilines is 1. The molecule has 8 nitrogen and oxygen atoms in total. The Morgan fingerprint density at radius 3 is 2.40 bits per heavy atom. The van der Waals surface area contributed by atoms with Crippen LogP contribution in [0, 0.1) is 10.1 Å². The van der Waals surface area contributed by atoms with Crippen LogP contribution in [0.3, 0.4) is 0 Å². The Morgan fingerprint density at radius 2 is 1.80 bits per heavy atom. The van der Waals surface area contributed by atoms with Gasteiger partial charge in [-0.05, 0) is 33.5 Å². The van der Waals surface area contributed by atoms with E-state index in [0.717, 1.165) is 5.56 Å². The van der Waals surface area contributed by atoms with Crippen LogP contribution >= 0.6 is 0 Å². The predicted octanol–water partition coefficient (Wildman–Crippen LogP) is 2.56. The number of pyridine rings is 1. The van der Waals surface area contributed by atoms with Gasteiger partial charge in [0, 0.05) is 0 Å². The largest absolute Gasteiger partial charge is 0.391 e. The quantitative estimate of drug-likeness (QED) is 0.415. The fourth-order valence-electron chi connectivity index (χ4n) is 2.72. The van der Waals surface area contributed by atoms with Crippen molar-refractivity contribution < 1.29 is 17.9 Å². The minimum absolute atomic E-state index is 0.0713. The first-order valence-corrected chi connectivity index (χ1v) is 8.60. The highest BCUT2D eigenvalue weighted by Crippen LogP contribution is 2.36. The third kappa shape index (κ3) is 3.14. The molecule has 2 aromatic carbocycles. The standard InChI is InChI=1S/C16H13N3O5S/c17-14-15(25(22,23)24)13-11(9-10-5-2-1-3-6-10)7-4-8-12(13)18-16(14)19(20)21/h1-8H,9,17H2,(H,22,23,24). The van der Waals surface area contributed by atoms with Gasteiger partial charge in [-0.15, -0.1) is 0 Å². The molecular weight excluding hydrogens is 346 g/mol. The van der Waals surface area contributed by atoms with Gasteiger partial charge in [-0.1, -0.05) is 42.5 Å². The molecular formula is C16H13N3O5S. The van der Waals surface area contributed by atoms with E-state index in [0.29, 0.717) is 12.0 Å². The Balaban J connectivity index is 2.37. The molecule has 1 heterocycles. The van der Waals surface area contributed by atoms with Crippen LogP contribution in [0.2, 0.25) is 0 Å². The molecule has 3 aromatic rings. The van der Waals surface area contributed by atoms with Gasteiger partial charge in [0.15, 0.2) is 11.2 Å². The van der Waals surface area contributed by atoms with E-state index in [-0.39, 0.29) is 10.9 Å². The maximum absolute atomic E-state index is 11.9. The molecule has 0 saturated heterocycles. The Labute approximate surface area is 142 Å². The average Bonchev–Trinajstić information content (AvgIpc) is 2.54. The van der Waals surface area contributed by atoms with Crippen molar-refractivity contribution in [1.29, 1.82) is 0 Å². The highest BCUT2D eigenvalue weighted by Gasteiger charge is 2.30. The number of rotatable bonds is 4. The van der Waals surface area contributed by atoms with Crippen LogP contribution in [0.4, 0.5) is 11.5 Å². The van der Waals surface area contributed by atoms with E-state index >= 15 is 0 Å². The third-order valence-corrected chi connectivity index (χ3v) is 4.68. The lowest BCUT2D eigenvalue weighted by Crippen LogP contribution is -2.10. The molecule has 0 spiro atoms. The molecule has 0 aliphatic heterocycles. The van der Waals surface area contributed by atoms with Gasteiger partial charge in [-0.2, -0.15) is 8.42 Å². The van der Waals surface area contributed by atoms with Gasteiger partial charge in [0.05, 0.1) is 5.39 Å². The summed E-state index contributed by atoms with van der Waals surface area (Å²) in [4.78, 5) is 13.4. The normalized spacial score (nSPS) is 11.6. The van der Waals surface area contributed by atoms with Gasteiger partial charge in [0.1, 0.15) is 4.90 Å². The highest BCUT2D eigenvalue weighted by molar-refractivity contribution is 7.86. The van der Waals surface area contributed by atoms with Gasteiger partial charge in [0.25, 0.3) is 10.1 Å². The van der Waals surface area contributed by atoms with Crippen molar-refractivity contribution in [3.8, 4) is 0 Å². The number of nitro groups is 1. The van der Waals surface area contributed by atoms with Crippen molar-refractivity contribution in [2.45, 2.75) is 11.3 Å². The monoisotopic (exact) mass is 359 g/mol. The van der Waals surface area contributed by atoms with E-state index in [2.05, 4.69) is 4.98 Å². The molecule has 0 atom stereocenters. The summed E-state index contributed by atoms with van der Waals surface area (Å²) in [6.45, 7) is 0. The summed E-state index contributed by atoms with van der Waals surface area (Å²) in [7, 11) is -4.80. The first-order valence-electron chi connectivity index (χ1n) is 7.16. The molecule has 0 unspecified atom stereocenters. The molecule has 128 valence electrons. The Kier molecular flexibility index (Phi) is 4.11. The molecule has 3 rings (SSSR count). The topological polar surface area (TPSA) is 136 Å². The van der Waals surface area contributed by atoms with E-state index in [1.807, 2.05) is 30.3 Å². The lowest BCUT2D eigenvalue weighted by Gasteiger charge is -2.10. The second-order valence-corrected chi connectivity index (χ2v) is 6.74. The van der Waals surface area contributed by atoms with Crippen molar-refractivity contribution in [2.75, 3.05) is 5.73 Å². The zero-order chi connectivity index (χ0) is 18.2. The van der Waals surface area contributed by atoms with E-state index in [4.69, 9.17) is 5.73 Å². The molecule has 3 N–H and O–H groups in total. The molecule has 0 saturated carbocycles. The van der Waals surface area contributed by atoms with E-state index in [1.54, 1.807) is 12.1 Å². The smallest absolute Gasteiger partial charge is 0.388 e. The zero-order valence-electron chi connectivity index (χ0n) is 12.8. The number of nitrogen functional groups attached to an aromatic ring is 1. The minimum Gasteiger partial charge on any atom is -0.391 e. The summed E-state index contributed by atoms with van der Waals surface area (Å²) < 4.78 is 33.4. The summed E-state index contributed by atoms with van der Waals surface area (Å²) in [6, 6.07) is 13.9. The molecule has 0 aliphatic carbocycles. The fraction of sp³-hybridized carbons (Fsp3) is 0.0625. The summed E-state index contributed by atoms with van der Waals surface area (Å²) in [5, 5.41) is 11.2. The molecule has 25 heavy (non-hydrogen) atoms. The minimum atomic E-state index is -4.80. The first kappa shape index (κ1) is 16.8. The van der Waals surface area contributed by atoms with Crippen molar-refractivity contribution in [3.05, 3.63) is 69.8 Å². The molecule has 0 fully saturated rings. The second-order valence-electron chi connectivity index (χ2n) is 5.38. The van der Waals surface area contributed by atoms with E-state index in [1.165, 1.54) is 6.07 Å². The number of benzene rings is 2. The average molecular weight is 359 g/mol. The molecule has 0 amide bonds. The summed E-state index contributed by atoms with van der Waals surface area (Å²) in [5.74, 6) is -0.808. The number of nitrogens with two attached hydrogens (primary N) is 1. The first-order chi connectivity index (χ1) is 11.8. The number of hydrogen-bond acceptors (Lipinski definition) is 6. The number of aromatic nitrogens is 1. The van der Waals surface area contributed by atoms with Gasteiger partial charge >= 0.3 is 5.82 Å². The Morgan fingerprint density at radius 1 is 1.12 bits per heavy atom. The summed E-state index contributed by atoms with van der Waals surface area (Å²) in [5.41, 5.74) is 6.48. The van der Waals surface area contributed by atoms with Crippen LogP contribution in [0.25, 0.3) is 10.9 Å². The van der Waals surface area contributed by atoms with Gasteiger partial charge in [-0.25, -0.2) is 0 Å². The van der Waals surface area contributed by atoms with Gasteiger partial charge in [-0.3, -0.25) is 4.55 Å². The molecule has 0 bridgehead atoms.